The van der Waals surface area contributed by atoms with Gasteiger partial charge >= 0.3 is 0 Å². The van der Waals surface area contributed by atoms with Crippen LogP contribution < -0.4 is 0 Å². The van der Waals surface area contributed by atoms with Crippen LogP contribution >= 0.6 is 0 Å². The van der Waals surface area contributed by atoms with E-state index >= 15 is 0 Å². The molecule has 5 heteroatoms. The van der Waals surface area contributed by atoms with Gasteiger partial charge in [0.2, 0.25) is 5.91 Å². The van der Waals surface area contributed by atoms with E-state index in [4.69, 9.17) is 0 Å². The van der Waals surface area contributed by atoms with Gasteiger partial charge in [0.25, 0.3) is 0 Å². The molecule has 2 aromatic rings. The second-order valence-electron chi connectivity index (χ2n) is 5.94. The van der Waals surface area contributed by atoms with Crippen molar-refractivity contribution in [1.29, 1.82) is 0 Å². The van der Waals surface area contributed by atoms with Crippen molar-refractivity contribution in [3.05, 3.63) is 53.6 Å². The maximum atomic E-state index is 13.2. The summed E-state index contributed by atoms with van der Waals surface area (Å²) in [5.74, 6) is 0.256. The number of aromatic amines is 1. The van der Waals surface area contributed by atoms with Gasteiger partial charge in [-0.2, -0.15) is 5.10 Å². The topological polar surface area (TPSA) is 49.0 Å². The second kappa shape index (κ2) is 6.73. The summed E-state index contributed by atoms with van der Waals surface area (Å²) in [6.45, 7) is 1.57. The van der Waals surface area contributed by atoms with Crippen LogP contribution in [0.2, 0.25) is 0 Å². The monoisotopic (exact) mass is 301 g/mol. The van der Waals surface area contributed by atoms with E-state index < -0.39 is 0 Å². The summed E-state index contributed by atoms with van der Waals surface area (Å²) in [4.78, 5) is 14.3. The molecule has 0 bridgehead atoms. The lowest BCUT2D eigenvalue weighted by Crippen LogP contribution is -2.41. The lowest BCUT2D eigenvalue weighted by molar-refractivity contribution is -0.132. The Morgan fingerprint density at radius 1 is 1.41 bits per heavy atom. The number of H-pyrrole nitrogens is 1. The molecule has 1 amide bonds. The summed E-state index contributed by atoms with van der Waals surface area (Å²) >= 11 is 0. The fraction of sp³-hybridized carbons (Fsp3) is 0.412. The number of carbonyl (C=O) groups excluding carboxylic acids is 1. The number of nitrogens with one attached hydrogen (secondary N) is 1. The highest BCUT2D eigenvalue weighted by molar-refractivity contribution is 5.78. The third-order valence-electron chi connectivity index (χ3n) is 4.18. The summed E-state index contributed by atoms with van der Waals surface area (Å²) in [7, 11) is 0. The molecule has 0 spiro atoms. The molecule has 1 aromatic carbocycles. The Morgan fingerprint density at radius 3 is 3.09 bits per heavy atom. The highest BCUT2D eigenvalue weighted by Crippen LogP contribution is 2.21. The van der Waals surface area contributed by atoms with E-state index in [1.54, 1.807) is 18.3 Å². The van der Waals surface area contributed by atoms with Crippen molar-refractivity contribution in [3.8, 4) is 0 Å². The molecule has 1 N–H and O–H groups in total. The molecule has 116 valence electrons. The minimum Gasteiger partial charge on any atom is -0.342 e. The minimum atomic E-state index is -0.291. The highest BCUT2D eigenvalue weighted by atomic mass is 19.1. The molecular formula is C17H20FN3O. The third kappa shape index (κ3) is 3.72. The largest absolute Gasteiger partial charge is 0.342 e. The first-order chi connectivity index (χ1) is 10.7. The highest BCUT2D eigenvalue weighted by Gasteiger charge is 2.24. The lowest BCUT2D eigenvalue weighted by atomic mass is 9.93. The van der Waals surface area contributed by atoms with Crippen LogP contribution in [0.1, 0.15) is 24.1 Å². The molecule has 0 radical (unpaired) electrons. The lowest BCUT2D eigenvalue weighted by Gasteiger charge is -2.32. The van der Waals surface area contributed by atoms with Gasteiger partial charge in [0.1, 0.15) is 5.82 Å². The first kappa shape index (κ1) is 14.8. The van der Waals surface area contributed by atoms with E-state index in [1.807, 2.05) is 11.0 Å². The standard InChI is InChI=1S/C17H20FN3O/c18-15-5-1-3-13(9-15)11-17(22)21-8-2-4-14(12-21)10-16-6-7-19-20-16/h1,3,5-7,9,14H,2,4,8,10-12H2,(H,19,20). The Kier molecular flexibility index (Phi) is 4.51. The number of halogens is 1. The van der Waals surface area contributed by atoms with Gasteiger partial charge in [-0.05, 0) is 48.9 Å². The number of nitrogens with zero attached hydrogens (tertiary/aromatic N) is 2. The molecule has 1 atom stereocenters. The molecule has 1 fully saturated rings. The zero-order valence-electron chi connectivity index (χ0n) is 12.5. The quantitative estimate of drug-likeness (QED) is 0.943. The average molecular weight is 301 g/mol. The zero-order chi connectivity index (χ0) is 15.4. The molecular weight excluding hydrogens is 281 g/mol. The van der Waals surface area contributed by atoms with E-state index in [1.165, 1.54) is 12.1 Å². The normalized spacial score (nSPS) is 18.4. The Hall–Kier alpha value is -2.17. The summed E-state index contributed by atoms with van der Waals surface area (Å²) < 4.78 is 13.2. The number of benzene rings is 1. The molecule has 1 aliphatic heterocycles. The number of piperidine rings is 1. The van der Waals surface area contributed by atoms with Gasteiger partial charge in [-0.15, -0.1) is 0 Å². The van der Waals surface area contributed by atoms with Crippen molar-refractivity contribution < 1.29 is 9.18 Å². The molecule has 4 nitrogen and oxygen atoms in total. The fourth-order valence-corrected chi connectivity index (χ4v) is 3.10. The van der Waals surface area contributed by atoms with Crippen LogP contribution in [0.3, 0.4) is 0 Å². The molecule has 1 aliphatic rings. The number of likely N-dealkylation sites (tertiary alicyclic amines) is 1. The van der Waals surface area contributed by atoms with Gasteiger partial charge in [0.05, 0.1) is 6.42 Å². The average Bonchev–Trinajstić information content (AvgIpc) is 3.00. The van der Waals surface area contributed by atoms with Crippen LogP contribution in [0.25, 0.3) is 0 Å². The molecule has 22 heavy (non-hydrogen) atoms. The number of hydrogen-bond donors (Lipinski definition) is 1. The predicted octanol–water partition coefficient (Wildman–Crippen LogP) is 2.57. The molecule has 1 saturated heterocycles. The molecule has 2 heterocycles. The van der Waals surface area contributed by atoms with E-state index in [2.05, 4.69) is 10.2 Å². The number of rotatable bonds is 4. The maximum Gasteiger partial charge on any atom is 0.227 e. The molecule has 0 aliphatic carbocycles. The van der Waals surface area contributed by atoms with Crippen LogP contribution in [-0.4, -0.2) is 34.1 Å². The Labute approximate surface area is 129 Å². The third-order valence-corrected chi connectivity index (χ3v) is 4.18. The predicted molar refractivity (Wildman–Crippen MR) is 81.7 cm³/mol. The summed E-state index contributed by atoms with van der Waals surface area (Å²) in [6, 6.07) is 8.26. The Morgan fingerprint density at radius 2 is 2.32 bits per heavy atom. The fourth-order valence-electron chi connectivity index (χ4n) is 3.10. The second-order valence-corrected chi connectivity index (χ2v) is 5.94. The minimum absolute atomic E-state index is 0.0833. The Bertz CT molecular complexity index is 627. The first-order valence-corrected chi connectivity index (χ1v) is 7.71. The van der Waals surface area contributed by atoms with Crippen LogP contribution in [0.15, 0.2) is 36.5 Å². The van der Waals surface area contributed by atoms with Gasteiger partial charge in [-0.3, -0.25) is 9.89 Å². The van der Waals surface area contributed by atoms with E-state index in [9.17, 15) is 9.18 Å². The molecule has 1 aromatic heterocycles. The van der Waals surface area contributed by atoms with Crippen molar-refractivity contribution in [2.75, 3.05) is 13.1 Å². The van der Waals surface area contributed by atoms with Gasteiger partial charge in [0.15, 0.2) is 0 Å². The zero-order valence-corrected chi connectivity index (χ0v) is 12.5. The number of hydrogen-bond acceptors (Lipinski definition) is 2. The van der Waals surface area contributed by atoms with Crippen molar-refractivity contribution in [3.63, 3.8) is 0 Å². The molecule has 3 rings (SSSR count). The van der Waals surface area contributed by atoms with Gasteiger partial charge < -0.3 is 4.90 Å². The summed E-state index contributed by atoms with van der Waals surface area (Å²) in [6.07, 6.45) is 5.10. The van der Waals surface area contributed by atoms with Crippen molar-refractivity contribution in [2.24, 2.45) is 5.92 Å². The van der Waals surface area contributed by atoms with Gasteiger partial charge in [0, 0.05) is 25.0 Å². The van der Waals surface area contributed by atoms with Crippen LogP contribution in [0.4, 0.5) is 4.39 Å². The van der Waals surface area contributed by atoms with Crippen molar-refractivity contribution in [2.45, 2.75) is 25.7 Å². The van der Waals surface area contributed by atoms with Crippen LogP contribution in [-0.2, 0) is 17.6 Å². The molecule has 0 saturated carbocycles. The van der Waals surface area contributed by atoms with Crippen LogP contribution in [0, 0.1) is 11.7 Å². The number of amides is 1. The molecule has 1 unspecified atom stereocenters. The van der Waals surface area contributed by atoms with E-state index in [-0.39, 0.29) is 18.1 Å². The van der Waals surface area contributed by atoms with E-state index in [0.717, 1.165) is 43.6 Å². The number of carbonyl (C=O) groups is 1. The summed E-state index contributed by atoms with van der Waals surface area (Å²) in [5.41, 5.74) is 1.85. The van der Waals surface area contributed by atoms with Gasteiger partial charge in [-0.1, -0.05) is 12.1 Å². The van der Waals surface area contributed by atoms with Crippen molar-refractivity contribution in [1.82, 2.24) is 15.1 Å². The van der Waals surface area contributed by atoms with Crippen LogP contribution in [0.5, 0.6) is 0 Å². The van der Waals surface area contributed by atoms with Crippen molar-refractivity contribution >= 4 is 5.91 Å². The number of aromatic nitrogens is 2. The van der Waals surface area contributed by atoms with E-state index in [0.29, 0.717) is 5.92 Å². The Balaban J connectivity index is 1.58. The van der Waals surface area contributed by atoms with Gasteiger partial charge in [-0.25, -0.2) is 4.39 Å². The first-order valence-electron chi connectivity index (χ1n) is 7.71. The summed E-state index contributed by atoms with van der Waals surface area (Å²) in [5, 5.41) is 6.94. The smallest absolute Gasteiger partial charge is 0.227 e. The maximum absolute atomic E-state index is 13.2. The SMILES string of the molecule is O=C(Cc1cccc(F)c1)N1CCCC(Cc2ccn[nH]2)C1.